The van der Waals surface area contributed by atoms with E-state index < -0.39 is 5.41 Å². The summed E-state index contributed by atoms with van der Waals surface area (Å²) in [6, 6.07) is 9.95. The van der Waals surface area contributed by atoms with Crippen LogP contribution in [0.5, 0.6) is 0 Å². The highest BCUT2D eigenvalue weighted by molar-refractivity contribution is 5.94. The third kappa shape index (κ3) is 3.18. The molecule has 24 heavy (non-hydrogen) atoms. The number of ether oxygens (including phenoxy) is 1. The molecule has 0 spiro atoms. The number of hydrogen-bond donors (Lipinski definition) is 0. The Labute approximate surface area is 141 Å². The molecule has 1 fully saturated rings. The number of rotatable bonds is 4. The molecule has 0 bridgehead atoms. The number of benzene rings is 1. The summed E-state index contributed by atoms with van der Waals surface area (Å²) in [5.41, 5.74) is 1.05. The topological polar surface area (TPSA) is 64.4 Å². The van der Waals surface area contributed by atoms with E-state index in [1.54, 1.807) is 22.0 Å². The maximum Gasteiger partial charge on any atom is 0.313 e. The molecule has 2 aromatic rings. The highest BCUT2D eigenvalue weighted by Crippen LogP contribution is 2.31. The standard InChI is InChI=1S/C18H21N3O3/c1-18(17(23)24-2)8-9-20(13-18)16(22)15-10-19-21(12-15)11-14-6-4-3-5-7-14/h3-7,10,12H,8-9,11,13H2,1-2H3/t18-/m1/s1. The van der Waals surface area contributed by atoms with Gasteiger partial charge in [-0.15, -0.1) is 0 Å². The minimum Gasteiger partial charge on any atom is -0.469 e. The Morgan fingerprint density at radius 3 is 2.75 bits per heavy atom. The van der Waals surface area contributed by atoms with Crippen LogP contribution in [0.25, 0.3) is 0 Å². The number of esters is 1. The van der Waals surface area contributed by atoms with Gasteiger partial charge in [-0.3, -0.25) is 14.3 Å². The fourth-order valence-corrected chi connectivity index (χ4v) is 3.06. The Morgan fingerprint density at radius 2 is 2.04 bits per heavy atom. The van der Waals surface area contributed by atoms with Gasteiger partial charge in [-0.25, -0.2) is 0 Å². The minimum absolute atomic E-state index is 0.0954. The Kier molecular flexibility index (Phi) is 4.38. The van der Waals surface area contributed by atoms with Gasteiger partial charge in [0.25, 0.3) is 5.91 Å². The van der Waals surface area contributed by atoms with Crippen molar-refractivity contribution in [2.24, 2.45) is 5.41 Å². The Bertz CT molecular complexity index is 741. The number of likely N-dealkylation sites (tertiary alicyclic amines) is 1. The quantitative estimate of drug-likeness (QED) is 0.805. The van der Waals surface area contributed by atoms with Gasteiger partial charge in [0.15, 0.2) is 0 Å². The first kappa shape index (κ1) is 16.2. The zero-order chi connectivity index (χ0) is 17.2. The molecule has 3 rings (SSSR count). The summed E-state index contributed by atoms with van der Waals surface area (Å²) in [5, 5.41) is 4.27. The lowest BCUT2D eigenvalue weighted by Crippen LogP contribution is -2.35. The lowest BCUT2D eigenvalue weighted by Gasteiger charge is -2.21. The SMILES string of the molecule is COC(=O)[C@]1(C)CCN(C(=O)c2cnn(Cc3ccccc3)c2)C1. The number of amides is 1. The number of carbonyl (C=O) groups is 2. The summed E-state index contributed by atoms with van der Waals surface area (Å²) < 4.78 is 6.60. The third-order valence-electron chi connectivity index (χ3n) is 4.51. The zero-order valence-corrected chi connectivity index (χ0v) is 13.9. The highest BCUT2D eigenvalue weighted by atomic mass is 16.5. The van der Waals surface area contributed by atoms with Crippen LogP contribution in [0, 0.1) is 5.41 Å². The van der Waals surface area contributed by atoms with Gasteiger partial charge in [-0.2, -0.15) is 5.10 Å². The van der Waals surface area contributed by atoms with Crippen molar-refractivity contribution < 1.29 is 14.3 Å². The maximum absolute atomic E-state index is 12.6. The molecule has 0 unspecified atom stereocenters. The molecule has 1 saturated heterocycles. The van der Waals surface area contributed by atoms with Crippen LogP contribution in [0.1, 0.15) is 29.3 Å². The molecule has 1 aliphatic heterocycles. The van der Waals surface area contributed by atoms with Gasteiger partial charge < -0.3 is 9.64 Å². The molecule has 2 heterocycles. The second-order valence-electron chi connectivity index (χ2n) is 6.44. The average molecular weight is 327 g/mol. The summed E-state index contributed by atoms with van der Waals surface area (Å²) >= 11 is 0. The first-order valence-electron chi connectivity index (χ1n) is 7.96. The first-order chi connectivity index (χ1) is 11.5. The minimum atomic E-state index is -0.621. The van der Waals surface area contributed by atoms with E-state index in [0.29, 0.717) is 31.6 Å². The van der Waals surface area contributed by atoms with Crippen LogP contribution in [0.4, 0.5) is 0 Å². The molecule has 0 N–H and O–H groups in total. The van der Waals surface area contributed by atoms with Gasteiger partial charge in [-0.1, -0.05) is 30.3 Å². The van der Waals surface area contributed by atoms with Crippen LogP contribution in [0.3, 0.4) is 0 Å². The largest absolute Gasteiger partial charge is 0.469 e. The molecule has 1 aromatic heterocycles. The van der Waals surface area contributed by atoms with Gasteiger partial charge in [0, 0.05) is 19.3 Å². The Balaban J connectivity index is 1.67. The predicted molar refractivity (Wildman–Crippen MR) is 88.4 cm³/mol. The number of aromatic nitrogens is 2. The van der Waals surface area contributed by atoms with Crippen molar-refractivity contribution in [2.75, 3.05) is 20.2 Å². The summed E-state index contributed by atoms with van der Waals surface area (Å²) in [5.74, 6) is -0.362. The van der Waals surface area contributed by atoms with Crippen LogP contribution in [-0.2, 0) is 16.1 Å². The number of nitrogens with zero attached hydrogens (tertiary/aromatic N) is 3. The van der Waals surface area contributed by atoms with E-state index in [2.05, 4.69) is 5.10 Å². The molecule has 1 aromatic carbocycles. The van der Waals surface area contributed by atoms with Crippen molar-refractivity contribution in [2.45, 2.75) is 19.9 Å². The van der Waals surface area contributed by atoms with E-state index in [9.17, 15) is 9.59 Å². The summed E-state index contributed by atoms with van der Waals surface area (Å²) in [4.78, 5) is 26.2. The summed E-state index contributed by atoms with van der Waals surface area (Å²) in [6.07, 6.45) is 3.95. The van der Waals surface area contributed by atoms with Crippen molar-refractivity contribution in [3.8, 4) is 0 Å². The van der Waals surface area contributed by atoms with Gasteiger partial charge in [0.2, 0.25) is 0 Å². The highest BCUT2D eigenvalue weighted by Gasteiger charge is 2.43. The molecule has 1 amide bonds. The van der Waals surface area contributed by atoms with Crippen molar-refractivity contribution in [1.82, 2.24) is 14.7 Å². The van der Waals surface area contributed by atoms with Crippen LogP contribution in [-0.4, -0.2) is 46.8 Å². The monoisotopic (exact) mass is 327 g/mol. The van der Waals surface area contributed by atoms with E-state index in [4.69, 9.17) is 4.74 Å². The van der Waals surface area contributed by atoms with E-state index in [1.165, 1.54) is 7.11 Å². The third-order valence-corrected chi connectivity index (χ3v) is 4.51. The van der Waals surface area contributed by atoms with Gasteiger partial charge in [0.05, 0.1) is 30.8 Å². The van der Waals surface area contributed by atoms with E-state index in [1.807, 2.05) is 37.3 Å². The smallest absolute Gasteiger partial charge is 0.313 e. The van der Waals surface area contributed by atoms with Gasteiger partial charge in [-0.05, 0) is 18.9 Å². The molecule has 0 radical (unpaired) electrons. The molecule has 0 saturated carbocycles. The molecular weight excluding hydrogens is 306 g/mol. The molecule has 1 aliphatic rings. The maximum atomic E-state index is 12.6. The molecule has 126 valence electrons. The fourth-order valence-electron chi connectivity index (χ4n) is 3.06. The Morgan fingerprint density at radius 1 is 1.29 bits per heavy atom. The Hall–Kier alpha value is -2.63. The van der Waals surface area contributed by atoms with Crippen LogP contribution < -0.4 is 0 Å². The second-order valence-corrected chi connectivity index (χ2v) is 6.44. The second kappa shape index (κ2) is 6.47. The van der Waals surface area contributed by atoms with Crippen LogP contribution >= 0.6 is 0 Å². The van der Waals surface area contributed by atoms with E-state index >= 15 is 0 Å². The van der Waals surface area contributed by atoms with Crippen molar-refractivity contribution in [3.05, 3.63) is 53.9 Å². The molecule has 1 atom stereocenters. The van der Waals surface area contributed by atoms with Crippen LogP contribution in [0.15, 0.2) is 42.7 Å². The molecule has 6 heteroatoms. The van der Waals surface area contributed by atoms with E-state index in [0.717, 1.165) is 5.56 Å². The normalized spacial score (nSPS) is 20.2. The summed E-state index contributed by atoms with van der Waals surface area (Å²) in [6.45, 7) is 3.38. The van der Waals surface area contributed by atoms with Crippen molar-refractivity contribution >= 4 is 11.9 Å². The van der Waals surface area contributed by atoms with E-state index in [-0.39, 0.29) is 11.9 Å². The van der Waals surface area contributed by atoms with Crippen LogP contribution in [0.2, 0.25) is 0 Å². The number of methoxy groups -OCH3 is 1. The van der Waals surface area contributed by atoms with Crippen molar-refractivity contribution in [1.29, 1.82) is 0 Å². The predicted octanol–water partition coefficient (Wildman–Crippen LogP) is 1.96. The average Bonchev–Trinajstić information content (AvgIpc) is 3.22. The zero-order valence-electron chi connectivity index (χ0n) is 13.9. The first-order valence-corrected chi connectivity index (χ1v) is 7.96. The fraction of sp³-hybridized carbons (Fsp3) is 0.389. The number of hydrogen-bond acceptors (Lipinski definition) is 4. The van der Waals surface area contributed by atoms with Gasteiger partial charge >= 0.3 is 5.97 Å². The lowest BCUT2D eigenvalue weighted by atomic mass is 9.90. The lowest BCUT2D eigenvalue weighted by molar-refractivity contribution is -0.150. The number of carbonyl (C=O) groups excluding carboxylic acids is 2. The molecular formula is C18H21N3O3. The van der Waals surface area contributed by atoms with Crippen molar-refractivity contribution in [3.63, 3.8) is 0 Å². The molecule has 0 aliphatic carbocycles. The molecule has 6 nitrogen and oxygen atoms in total. The summed E-state index contributed by atoms with van der Waals surface area (Å²) in [7, 11) is 1.38. The van der Waals surface area contributed by atoms with Gasteiger partial charge in [0.1, 0.15) is 0 Å².